The number of hydrogen-bond donors (Lipinski definition) is 0. The lowest BCUT2D eigenvalue weighted by Gasteiger charge is -2.22. The van der Waals surface area contributed by atoms with Gasteiger partial charge in [0.25, 0.3) is 5.91 Å². The summed E-state index contributed by atoms with van der Waals surface area (Å²) in [6.45, 7) is 1.72. The van der Waals surface area contributed by atoms with E-state index in [0.717, 1.165) is 29.0 Å². The smallest absolute Gasteiger partial charge is 0.331 e. The number of carbonyl (C=O) groups excluding carboxylic acids is 2. The third kappa shape index (κ3) is 3.94. The summed E-state index contributed by atoms with van der Waals surface area (Å²) in [7, 11) is 1.60. The van der Waals surface area contributed by atoms with Crippen molar-refractivity contribution in [1.29, 1.82) is 0 Å². The van der Waals surface area contributed by atoms with E-state index in [2.05, 4.69) is 0 Å². The zero-order valence-corrected chi connectivity index (χ0v) is 14.8. The molecule has 0 fully saturated rings. The summed E-state index contributed by atoms with van der Waals surface area (Å²) in [6.07, 6.45) is 3.77. The van der Waals surface area contributed by atoms with Crippen molar-refractivity contribution in [3.63, 3.8) is 0 Å². The summed E-state index contributed by atoms with van der Waals surface area (Å²) in [5.41, 5.74) is 2.88. The van der Waals surface area contributed by atoms with Gasteiger partial charge >= 0.3 is 5.97 Å². The number of ether oxygens (including phenoxy) is 2. The Morgan fingerprint density at radius 1 is 1.15 bits per heavy atom. The fourth-order valence-electron chi connectivity index (χ4n) is 3.08. The molecule has 0 saturated heterocycles. The molecule has 2 aromatic rings. The summed E-state index contributed by atoms with van der Waals surface area (Å²) >= 11 is 0. The van der Waals surface area contributed by atoms with E-state index in [4.69, 9.17) is 9.47 Å². The van der Waals surface area contributed by atoms with Crippen molar-refractivity contribution in [3.05, 3.63) is 65.7 Å². The average Bonchev–Trinajstić information content (AvgIpc) is 3.00. The Balaban J connectivity index is 1.55. The first-order chi connectivity index (χ1) is 12.6. The molecule has 0 aliphatic carbocycles. The number of esters is 1. The highest BCUT2D eigenvalue weighted by molar-refractivity contribution is 5.98. The molecule has 0 spiro atoms. The zero-order chi connectivity index (χ0) is 18.5. The summed E-state index contributed by atoms with van der Waals surface area (Å²) in [5, 5.41) is 0. The number of amides is 1. The molecule has 5 nitrogen and oxygen atoms in total. The van der Waals surface area contributed by atoms with Crippen molar-refractivity contribution < 1.29 is 19.1 Å². The second-order valence-corrected chi connectivity index (χ2v) is 6.16. The molecule has 134 valence electrons. The Hall–Kier alpha value is -3.08. The van der Waals surface area contributed by atoms with Gasteiger partial charge in [0, 0.05) is 17.8 Å². The van der Waals surface area contributed by atoms with Crippen LogP contribution in [-0.4, -0.2) is 31.6 Å². The number of para-hydroxylation sites is 1. The topological polar surface area (TPSA) is 55.8 Å². The molecule has 1 atom stereocenters. The molecular formula is C21H21NO4. The van der Waals surface area contributed by atoms with Crippen LogP contribution in [0.3, 0.4) is 0 Å². The van der Waals surface area contributed by atoms with Gasteiger partial charge in [-0.3, -0.25) is 4.79 Å². The van der Waals surface area contributed by atoms with Crippen LogP contribution < -0.4 is 9.64 Å². The van der Waals surface area contributed by atoms with E-state index in [-0.39, 0.29) is 18.6 Å². The lowest BCUT2D eigenvalue weighted by molar-refractivity contribution is -0.143. The molecule has 0 unspecified atom stereocenters. The summed E-state index contributed by atoms with van der Waals surface area (Å²) in [5.74, 6) is -0.0155. The molecule has 2 aromatic carbocycles. The molecule has 26 heavy (non-hydrogen) atoms. The highest BCUT2D eigenvalue weighted by Crippen LogP contribution is 2.31. The first-order valence-corrected chi connectivity index (χ1v) is 8.47. The van der Waals surface area contributed by atoms with Crippen LogP contribution >= 0.6 is 0 Å². The van der Waals surface area contributed by atoms with Gasteiger partial charge in [-0.05, 0) is 48.7 Å². The van der Waals surface area contributed by atoms with Crippen molar-refractivity contribution >= 4 is 23.6 Å². The van der Waals surface area contributed by atoms with E-state index < -0.39 is 5.97 Å². The largest absolute Gasteiger partial charge is 0.497 e. The maximum Gasteiger partial charge on any atom is 0.331 e. The lowest BCUT2D eigenvalue weighted by Crippen LogP contribution is -2.38. The van der Waals surface area contributed by atoms with Gasteiger partial charge in [-0.1, -0.05) is 30.3 Å². The molecule has 1 heterocycles. The van der Waals surface area contributed by atoms with Gasteiger partial charge in [-0.25, -0.2) is 4.79 Å². The SMILES string of the molecule is COc1ccc(/C=C/C(=O)OCC(=O)N2c3ccccc3C[C@H]2C)cc1. The summed E-state index contributed by atoms with van der Waals surface area (Å²) < 4.78 is 10.2. The maximum absolute atomic E-state index is 12.5. The number of nitrogens with zero attached hydrogens (tertiary/aromatic N) is 1. The third-order valence-corrected chi connectivity index (χ3v) is 4.34. The van der Waals surface area contributed by atoms with Gasteiger partial charge in [0.1, 0.15) is 5.75 Å². The molecule has 0 aromatic heterocycles. The van der Waals surface area contributed by atoms with Crippen LogP contribution in [0, 0.1) is 0 Å². The van der Waals surface area contributed by atoms with Crippen LogP contribution in [0.25, 0.3) is 6.08 Å². The van der Waals surface area contributed by atoms with Crippen LogP contribution in [0.5, 0.6) is 5.75 Å². The highest BCUT2D eigenvalue weighted by Gasteiger charge is 2.30. The number of methoxy groups -OCH3 is 1. The number of hydrogen-bond acceptors (Lipinski definition) is 4. The van der Waals surface area contributed by atoms with E-state index in [1.165, 1.54) is 6.08 Å². The van der Waals surface area contributed by atoms with Crippen molar-refractivity contribution in [2.75, 3.05) is 18.6 Å². The Labute approximate surface area is 152 Å². The highest BCUT2D eigenvalue weighted by atomic mass is 16.5. The van der Waals surface area contributed by atoms with Crippen LogP contribution in [0.1, 0.15) is 18.1 Å². The van der Waals surface area contributed by atoms with E-state index >= 15 is 0 Å². The minimum absolute atomic E-state index is 0.0634. The third-order valence-electron chi connectivity index (χ3n) is 4.34. The van der Waals surface area contributed by atoms with Crippen molar-refractivity contribution in [3.8, 4) is 5.75 Å². The fourth-order valence-corrected chi connectivity index (χ4v) is 3.08. The first-order valence-electron chi connectivity index (χ1n) is 8.47. The standard InChI is InChI=1S/C21H21NO4/c1-15-13-17-5-3-4-6-19(17)22(15)20(23)14-26-21(24)12-9-16-7-10-18(25-2)11-8-16/h3-12,15H,13-14H2,1-2H3/b12-9+/t15-/m1/s1. The van der Waals surface area contributed by atoms with E-state index in [0.29, 0.717) is 0 Å². The second kappa shape index (κ2) is 7.87. The van der Waals surface area contributed by atoms with E-state index in [9.17, 15) is 9.59 Å². The molecule has 1 aliphatic heterocycles. The lowest BCUT2D eigenvalue weighted by atomic mass is 10.1. The van der Waals surface area contributed by atoms with Gasteiger partial charge in [-0.2, -0.15) is 0 Å². The Kier molecular flexibility index (Phi) is 5.37. The van der Waals surface area contributed by atoms with Crippen molar-refractivity contribution in [2.45, 2.75) is 19.4 Å². The van der Waals surface area contributed by atoms with E-state index in [1.807, 2.05) is 43.3 Å². The van der Waals surface area contributed by atoms with Gasteiger partial charge in [0.2, 0.25) is 0 Å². The number of fused-ring (bicyclic) bond motifs is 1. The normalized spacial score (nSPS) is 15.8. The minimum atomic E-state index is -0.547. The van der Waals surface area contributed by atoms with Crippen molar-refractivity contribution in [2.24, 2.45) is 0 Å². The van der Waals surface area contributed by atoms with Gasteiger partial charge < -0.3 is 14.4 Å². The first kappa shape index (κ1) is 17.7. The predicted octanol–water partition coefficient (Wildman–Crippen LogP) is 3.23. The summed E-state index contributed by atoms with van der Waals surface area (Å²) in [4.78, 5) is 26.1. The molecule has 0 radical (unpaired) electrons. The van der Waals surface area contributed by atoms with Crippen molar-refractivity contribution in [1.82, 2.24) is 0 Å². The van der Waals surface area contributed by atoms with Crippen LogP contribution in [-0.2, 0) is 20.7 Å². The maximum atomic E-state index is 12.5. The van der Waals surface area contributed by atoms with Gasteiger partial charge in [-0.15, -0.1) is 0 Å². The molecule has 5 heteroatoms. The van der Waals surface area contributed by atoms with E-state index in [1.54, 1.807) is 30.2 Å². The average molecular weight is 351 g/mol. The van der Waals surface area contributed by atoms with Crippen LogP contribution in [0.2, 0.25) is 0 Å². The Bertz CT molecular complexity index is 826. The quantitative estimate of drug-likeness (QED) is 0.613. The number of carbonyl (C=O) groups is 2. The van der Waals surface area contributed by atoms with Crippen LogP contribution in [0.4, 0.5) is 5.69 Å². The molecule has 1 aliphatic rings. The zero-order valence-electron chi connectivity index (χ0n) is 14.8. The van der Waals surface area contributed by atoms with Crippen LogP contribution in [0.15, 0.2) is 54.6 Å². The Morgan fingerprint density at radius 2 is 1.88 bits per heavy atom. The Morgan fingerprint density at radius 3 is 2.62 bits per heavy atom. The molecule has 0 saturated carbocycles. The fraction of sp³-hybridized carbons (Fsp3) is 0.238. The van der Waals surface area contributed by atoms with Gasteiger partial charge in [0.05, 0.1) is 7.11 Å². The van der Waals surface area contributed by atoms with Gasteiger partial charge in [0.15, 0.2) is 6.61 Å². The molecule has 1 amide bonds. The molecule has 0 N–H and O–H groups in total. The second-order valence-electron chi connectivity index (χ2n) is 6.16. The summed E-state index contributed by atoms with van der Waals surface area (Å²) in [6, 6.07) is 15.1. The number of anilines is 1. The molecular weight excluding hydrogens is 330 g/mol. The minimum Gasteiger partial charge on any atom is -0.497 e. The predicted molar refractivity (Wildman–Crippen MR) is 100 cm³/mol. The molecule has 0 bridgehead atoms. The monoisotopic (exact) mass is 351 g/mol. The molecule has 3 rings (SSSR count). The number of benzene rings is 2. The number of rotatable bonds is 5.